The van der Waals surface area contributed by atoms with Crippen LogP contribution in [0.2, 0.25) is 0 Å². The van der Waals surface area contributed by atoms with Crippen molar-refractivity contribution in [2.75, 3.05) is 0 Å². The van der Waals surface area contributed by atoms with Crippen molar-refractivity contribution in [1.29, 1.82) is 0 Å². The van der Waals surface area contributed by atoms with E-state index in [2.05, 4.69) is 20.8 Å². The van der Waals surface area contributed by atoms with Crippen LogP contribution in [0.4, 0.5) is 0 Å². The summed E-state index contributed by atoms with van der Waals surface area (Å²) in [4.78, 5) is 24.9. The van der Waals surface area contributed by atoms with Crippen LogP contribution < -0.4 is 0 Å². The summed E-state index contributed by atoms with van der Waals surface area (Å²) in [7, 11) is 0. The Balaban J connectivity index is 3.66. The summed E-state index contributed by atoms with van der Waals surface area (Å²) < 4.78 is 11.2. The fourth-order valence-corrected chi connectivity index (χ4v) is 6.91. The van der Waals surface area contributed by atoms with Crippen molar-refractivity contribution < 1.29 is 19.1 Å². The van der Waals surface area contributed by atoms with Gasteiger partial charge in [0.2, 0.25) is 6.29 Å². The third kappa shape index (κ3) is 39.6. The topological polar surface area (TPSA) is 52.6 Å². The molecular weight excluding hydrogens is 604 g/mol. The summed E-state index contributed by atoms with van der Waals surface area (Å²) in [5, 5.41) is 0. The molecule has 0 rings (SSSR count). The van der Waals surface area contributed by atoms with Crippen LogP contribution >= 0.6 is 0 Å². The Morgan fingerprint density at radius 2 is 0.510 bits per heavy atom. The molecule has 0 aromatic rings. The SMILES string of the molecule is CCCCCCCCCCCCCCCCCCCC(=O)OC(CCCC)OC(=O)CCCCCCCCCCCCCCCCCCC. The Labute approximate surface area is 307 Å². The van der Waals surface area contributed by atoms with Gasteiger partial charge in [-0.25, -0.2) is 0 Å². The van der Waals surface area contributed by atoms with Gasteiger partial charge in [0, 0.05) is 19.3 Å². The van der Waals surface area contributed by atoms with E-state index in [1.54, 1.807) is 0 Å². The quantitative estimate of drug-likeness (QED) is 0.0363. The van der Waals surface area contributed by atoms with Crippen LogP contribution in [0.5, 0.6) is 0 Å². The molecule has 0 bridgehead atoms. The lowest BCUT2D eigenvalue weighted by Crippen LogP contribution is -2.24. The van der Waals surface area contributed by atoms with Gasteiger partial charge in [-0.1, -0.05) is 233 Å². The molecule has 0 radical (unpaired) electrons. The Bertz CT molecular complexity index is 610. The van der Waals surface area contributed by atoms with Crippen molar-refractivity contribution in [2.24, 2.45) is 0 Å². The van der Waals surface area contributed by atoms with Crippen LogP contribution in [0.15, 0.2) is 0 Å². The molecule has 4 heteroatoms. The molecule has 0 saturated carbocycles. The molecule has 0 spiro atoms. The van der Waals surface area contributed by atoms with Crippen molar-refractivity contribution >= 4 is 11.9 Å². The van der Waals surface area contributed by atoms with E-state index < -0.39 is 6.29 Å². The minimum absolute atomic E-state index is 0.215. The molecule has 4 nitrogen and oxygen atoms in total. The lowest BCUT2D eigenvalue weighted by molar-refractivity contribution is -0.189. The highest BCUT2D eigenvalue weighted by Crippen LogP contribution is 2.17. The van der Waals surface area contributed by atoms with Crippen molar-refractivity contribution in [3.8, 4) is 0 Å². The number of hydrogen-bond donors (Lipinski definition) is 0. The molecule has 292 valence electrons. The highest BCUT2D eigenvalue weighted by atomic mass is 16.7. The lowest BCUT2D eigenvalue weighted by Gasteiger charge is -2.18. The third-order valence-corrected chi connectivity index (χ3v) is 10.3. The van der Waals surface area contributed by atoms with E-state index in [4.69, 9.17) is 9.47 Å². The maximum Gasteiger partial charge on any atom is 0.308 e. The van der Waals surface area contributed by atoms with Gasteiger partial charge in [0.25, 0.3) is 0 Å². The zero-order valence-electron chi connectivity index (χ0n) is 33.8. The fourth-order valence-electron chi connectivity index (χ4n) is 6.91. The molecule has 0 aliphatic rings. The summed E-state index contributed by atoms with van der Waals surface area (Å²) in [5.41, 5.74) is 0. The number of carbonyl (C=O) groups is 2. The second-order valence-corrected chi connectivity index (χ2v) is 15.4. The van der Waals surface area contributed by atoms with E-state index in [0.29, 0.717) is 19.3 Å². The van der Waals surface area contributed by atoms with Gasteiger partial charge >= 0.3 is 11.9 Å². The van der Waals surface area contributed by atoms with Gasteiger partial charge in [-0.05, 0) is 19.3 Å². The molecule has 0 fully saturated rings. The number of carbonyl (C=O) groups excluding carboxylic acids is 2. The molecule has 0 saturated heterocycles. The second kappa shape index (κ2) is 41.4. The number of ether oxygens (including phenoxy) is 2. The fraction of sp³-hybridized carbons (Fsp3) is 0.956. The van der Waals surface area contributed by atoms with Crippen molar-refractivity contribution in [3.63, 3.8) is 0 Å². The molecule has 0 amide bonds. The third-order valence-electron chi connectivity index (χ3n) is 10.3. The maximum atomic E-state index is 12.5. The summed E-state index contributed by atoms with van der Waals surface area (Å²) >= 11 is 0. The first-order valence-corrected chi connectivity index (χ1v) is 22.5. The van der Waals surface area contributed by atoms with Crippen LogP contribution in [0.25, 0.3) is 0 Å². The van der Waals surface area contributed by atoms with E-state index in [-0.39, 0.29) is 11.9 Å². The summed E-state index contributed by atoms with van der Waals surface area (Å²) in [6, 6.07) is 0. The number of unbranched alkanes of at least 4 members (excludes halogenated alkanes) is 33. The zero-order valence-corrected chi connectivity index (χ0v) is 33.8. The Morgan fingerprint density at radius 3 is 0.735 bits per heavy atom. The number of hydrogen-bond acceptors (Lipinski definition) is 4. The normalized spacial score (nSPS) is 11.4. The molecular formula is C45H88O4. The Hall–Kier alpha value is -1.06. The van der Waals surface area contributed by atoms with Crippen molar-refractivity contribution in [1.82, 2.24) is 0 Å². The van der Waals surface area contributed by atoms with Crippen LogP contribution in [0.3, 0.4) is 0 Å². The van der Waals surface area contributed by atoms with Crippen LogP contribution in [-0.2, 0) is 19.1 Å². The minimum Gasteiger partial charge on any atom is -0.425 e. The first-order valence-electron chi connectivity index (χ1n) is 22.5. The average Bonchev–Trinajstić information content (AvgIpc) is 3.09. The molecule has 0 aliphatic carbocycles. The van der Waals surface area contributed by atoms with Crippen LogP contribution in [-0.4, -0.2) is 18.2 Å². The molecule has 0 N–H and O–H groups in total. The average molecular weight is 693 g/mol. The first-order chi connectivity index (χ1) is 24.1. The molecule has 49 heavy (non-hydrogen) atoms. The van der Waals surface area contributed by atoms with Crippen molar-refractivity contribution in [3.05, 3.63) is 0 Å². The van der Waals surface area contributed by atoms with Gasteiger partial charge in [-0.2, -0.15) is 0 Å². The molecule has 0 unspecified atom stereocenters. The highest BCUT2D eigenvalue weighted by molar-refractivity contribution is 5.71. The van der Waals surface area contributed by atoms with Crippen LogP contribution in [0, 0.1) is 0 Å². The van der Waals surface area contributed by atoms with E-state index in [0.717, 1.165) is 38.5 Å². The molecule has 0 aromatic heterocycles. The largest absolute Gasteiger partial charge is 0.425 e. The maximum absolute atomic E-state index is 12.5. The van der Waals surface area contributed by atoms with E-state index in [1.807, 2.05) is 0 Å². The lowest BCUT2D eigenvalue weighted by atomic mass is 10.0. The van der Waals surface area contributed by atoms with Crippen molar-refractivity contribution in [2.45, 2.75) is 277 Å². The molecule has 0 heterocycles. The Morgan fingerprint density at radius 1 is 0.306 bits per heavy atom. The van der Waals surface area contributed by atoms with E-state index >= 15 is 0 Å². The predicted molar refractivity (Wildman–Crippen MR) is 213 cm³/mol. The monoisotopic (exact) mass is 693 g/mol. The highest BCUT2D eigenvalue weighted by Gasteiger charge is 2.18. The predicted octanol–water partition coefficient (Wildman–Crippen LogP) is 15.7. The summed E-state index contributed by atoms with van der Waals surface area (Å²) in [6.07, 6.45) is 47.8. The molecule has 0 aliphatic heterocycles. The summed E-state index contributed by atoms with van der Waals surface area (Å²) in [6.45, 7) is 6.68. The van der Waals surface area contributed by atoms with E-state index in [1.165, 1.54) is 193 Å². The molecule has 0 aromatic carbocycles. The standard InChI is InChI=1S/C45H88O4/c1-4-7-10-12-14-16-18-20-22-24-26-28-30-32-34-36-38-40-43(46)48-45(42-9-6-3)49-44(47)41-39-37-35-33-31-29-27-25-23-21-19-17-15-13-11-8-5-2/h45H,4-42H2,1-3H3. The van der Waals surface area contributed by atoms with E-state index in [9.17, 15) is 9.59 Å². The van der Waals surface area contributed by atoms with Gasteiger partial charge in [0.1, 0.15) is 0 Å². The summed E-state index contributed by atoms with van der Waals surface area (Å²) in [5.74, 6) is -0.430. The number of esters is 2. The van der Waals surface area contributed by atoms with Crippen LogP contribution in [0.1, 0.15) is 271 Å². The minimum atomic E-state index is -0.712. The van der Waals surface area contributed by atoms with Gasteiger partial charge in [-0.15, -0.1) is 0 Å². The zero-order chi connectivity index (χ0) is 35.7. The van der Waals surface area contributed by atoms with Gasteiger partial charge in [0.15, 0.2) is 0 Å². The van der Waals surface area contributed by atoms with Gasteiger partial charge in [0.05, 0.1) is 0 Å². The Kier molecular flexibility index (Phi) is 40.5. The number of rotatable bonds is 41. The second-order valence-electron chi connectivity index (χ2n) is 15.4. The first kappa shape index (κ1) is 47.9. The smallest absolute Gasteiger partial charge is 0.308 e. The van der Waals surface area contributed by atoms with Gasteiger partial charge < -0.3 is 9.47 Å². The molecule has 0 atom stereocenters. The van der Waals surface area contributed by atoms with Gasteiger partial charge in [-0.3, -0.25) is 9.59 Å².